The van der Waals surface area contributed by atoms with Gasteiger partial charge in [-0.2, -0.15) is 0 Å². The maximum atomic E-state index is 12.1. The van der Waals surface area contributed by atoms with E-state index in [1.54, 1.807) is 0 Å². The topological polar surface area (TPSA) is 38.0 Å². The Labute approximate surface area is 70.9 Å². The number of rotatable bonds is 1. The lowest BCUT2D eigenvalue weighted by atomic mass is 9.92. The molecule has 1 aliphatic heterocycles. The average molecular weight is 187 g/mol. The summed E-state index contributed by atoms with van der Waals surface area (Å²) in [6, 6.07) is 0. The molecule has 1 unspecified atom stereocenters. The smallest absolute Gasteiger partial charge is 0.257 e. The summed E-state index contributed by atoms with van der Waals surface area (Å²) in [5.41, 5.74) is 4.12. The Bertz CT molecular complexity index is 115. The normalized spacial score (nSPS) is 31.6. The van der Waals surface area contributed by atoms with Crippen LogP contribution in [0.3, 0.4) is 0 Å². The number of nitrogens with one attached hydrogen (secondary N) is 1. The fourth-order valence-corrected chi connectivity index (χ4v) is 1.14. The van der Waals surface area contributed by atoms with E-state index < -0.39 is 12.0 Å². The number of hydrogen-bond donors (Lipinski definition) is 2. The van der Waals surface area contributed by atoms with Crippen molar-refractivity contribution >= 4 is 12.4 Å². The summed E-state index contributed by atoms with van der Waals surface area (Å²) in [6.45, 7) is 1.05. The molecule has 1 aliphatic rings. The van der Waals surface area contributed by atoms with E-state index in [1.165, 1.54) is 0 Å². The highest BCUT2D eigenvalue weighted by Crippen LogP contribution is 2.20. The van der Waals surface area contributed by atoms with Gasteiger partial charge in [-0.05, 0) is 19.4 Å². The van der Waals surface area contributed by atoms with E-state index in [0.717, 1.165) is 13.0 Å². The number of piperidine rings is 1. The molecule has 68 valence electrons. The zero-order valence-corrected chi connectivity index (χ0v) is 6.96. The molecule has 11 heavy (non-hydrogen) atoms. The van der Waals surface area contributed by atoms with Gasteiger partial charge in [-0.15, -0.1) is 12.4 Å². The summed E-state index contributed by atoms with van der Waals surface area (Å²) in [4.78, 5) is 0. The summed E-state index contributed by atoms with van der Waals surface area (Å²) in [6.07, 6.45) is -1.22. The van der Waals surface area contributed by atoms with Crippen LogP contribution in [0.1, 0.15) is 12.8 Å². The third-order valence-corrected chi connectivity index (χ3v) is 1.88. The zero-order valence-electron chi connectivity index (χ0n) is 6.15. The average Bonchev–Trinajstić information content (AvgIpc) is 1.89. The van der Waals surface area contributed by atoms with Crippen LogP contribution in [0, 0.1) is 0 Å². The molecule has 1 atom stereocenters. The summed E-state index contributed by atoms with van der Waals surface area (Å²) in [5.74, 6) is 0. The van der Waals surface area contributed by atoms with E-state index in [4.69, 9.17) is 5.73 Å². The van der Waals surface area contributed by atoms with Gasteiger partial charge in [0, 0.05) is 6.54 Å². The Morgan fingerprint density at radius 2 is 2.09 bits per heavy atom. The van der Waals surface area contributed by atoms with E-state index in [0.29, 0.717) is 6.42 Å². The summed E-state index contributed by atoms with van der Waals surface area (Å²) in [5, 5.41) is 2.85. The maximum absolute atomic E-state index is 12.1. The molecule has 0 aromatic heterocycles. The third-order valence-electron chi connectivity index (χ3n) is 1.88. The van der Waals surface area contributed by atoms with Gasteiger partial charge in [0.1, 0.15) is 0 Å². The molecule has 0 aromatic rings. The molecule has 0 aliphatic carbocycles. The second kappa shape index (κ2) is 4.18. The van der Waals surface area contributed by atoms with Crippen LogP contribution in [0.15, 0.2) is 0 Å². The predicted molar refractivity (Wildman–Crippen MR) is 42.3 cm³/mol. The first kappa shape index (κ1) is 11.1. The first-order chi connectivity index (χ1) is 4.65. The van der Waals surface area contributed by atoms with E-state index in [1.807, 2.05) is 0 Å². The van der Waals surface area contributed by atoms with Crippen LogP contribution in [0.25, 0.3) is 0 Å². The molecule has 0 bridgehead atoms. The van der Waals surface area contributed by atoms with Crippen molar-refractivity contribution in [2.75, 3.05) is 13.1 Å². The molecule has 1 heterocycles. The van der Waals surface area contributed by atoms with Gasteiger partial charge in [-0.1, -0.05) is 0 Å². The zero-order chi connectivity index (χ0) is 7.61. The van der Waals surface area contributed by atoms with E-state index in [2.05, 4.69) is 5.32 Å². The highest BCUT2D eigenvalue weighted by Gasteiger charge is 2.36. The lowest BCUT2D eigenvalue weighted by Gasteiger charge is -2.32. The summed E-state index contributed by atoms with van der Waals surface area (Å²) < 4.78 is 24.3. The van der Waals surface area contributed by atoms with Gasteiger partial charge in [0.05, 0.1) is 5.54 Å². The van der Waals surface area contributed by atoms with Crippen LogP contribution in [-0.2, 0) is 0 Å². The van der Waals surface area contributed by atoms with Crippen LogP contribution < -0.4 is 11.1 Å². The van der Waals surface area contributed by atoms with Crippen molar-refractivity contribution in [2.24, 2.45) is 5.73 Å². The molecular formula is C6H13ClF2N2. The van der Waals surface area contributed by atoms with Crippen molar-refractivity contribution in [3.8, 4) is 0 Å². The van der Waals surface area contributed by atoms with Crippen LogP contribution >= 0.6 is 12.4 Å². The van der Waals surface area contributed by atoms with Crippen LogP contribution in [0.2, 0.25) is 0 Å². The Morgan fingerprint density at radius 3 is 2.36 bits per heavy atom. The minimum atomic E-state index is -2.40. The van der Waals surface area contributed by atoms with Crippen molar-refractivity contribution in [3.63, 3.8) is 0 Å². The SMILES string of the molecule is Cl.NC1(C(F)F)CCCNC1. The lowest BCUT2D eigenvalue weighted by molar-refractivity contribution is 0.0391. The Kier molecular flexibility index (Phi) is 4.21. The number of halogens is 3. The summed E-state index contributed by atoms with van der Waals surface area (Å²) >= 11 is 0. The molecular weight excluding hydrogens is 174 g/mol. The second-order valence-electron chi connectivity index (χ2n) is 2.81. The Hall–Kier alpha value is 0.0700. The largest absolute Gasteiger partial charge is 0.319 e. The van der Waals surface area contributed by atoms with Gasteiger partial charge >= 0.3 is 0 Å². The molecule has 1 rings (SSSR count). The quantitative estimate of drug-likeness (QED) is 0.635. The molecule has 0 radical (unpaired) electrons. The van der Waals surface area contributed by atoms with Gasteiger partial charge in [0.15, 0.2) is 0 Å². The van der Waals surface area contributed by atoms with Crippen LogP contribution in [0.5, 0.6) is 0 Å². The third kappa shape index (κ3) is 2.54. The molecule has 5 heteroatoms. The monoisotopic (exact) mass is 186 g/mol. The number of alkyl halides is 2. The standard InChI is InChI=1S/C6H12F2N2.ClH/c7-5(8)6(9)2-1-3-10-4-6;/h5,10H,1-4,9H2;1H. The van der Waals surface area contributed by atoms with Crippen molar-refractivity contribution in [2.45, 2.75) is 24.8 Å². The van der Waals surface area contributed by atoms with Gasteiger partial charge in [0.25, 0.3) is 6.43 Å². The fourth-order valence-electron chi connectivity index (χ4n) is 1.14. The van der Waals surface area contributed by atoms with E-state index in [9.17, 15) is 8.78 Å². The summed E-state index contributed by atoms with van der Waals surface area (Å²) in [7, 11) is 0. The fraction of sp³-hybridized carbons (Fsp3) is 1.00. The predicted octanol–water partition coefficient (Wildman–Crippen LogP) is 0.754. The molecule has 2 nitrogen and oxygen atoms in total. The number of nitrogens with two attached hydrogens (primary N) is 1. The first-order valence-corrected chi connectivity index (χ1v) is 3.43. The lowest BCUT2D eigenvalue weighted by Crippen LogP contribution is -2.57. The first-order valence-electron chi connectivity index (χ1n) is 3.43. The number of hydrogen-bond acceptors (Lipinski definition) is 2. The van der Waals surface area contributed by atoms with Crippen LogP contribution in [0.4, 0.5) is 8.78 Å². The molecule has 1 fully saturated rings. The van der Waals surface area contributed by atoms with Gasteiger partial charge < -0.3 is 11.1 Å². The molecule has 1 saturated heterocycles. The van der Waals surface area contributed by atoms with E-state index in [-0.39, 0.29) is 19.0 Å². The van der Waals surface area contributed by atoms with Crippen molar-refractivity contribution in [1.29, 1.82) is 0 Å². The molecule has 0 aromatic carbocycles. The molecule has 0 spiro atoms. The molecule has 3 N–H and O–H groups in total. The van der Waals surface area contributed by atoms with Gasteiger partial charge in [-0.25, -0.2) is 8.78 Å². The Balaban J connectivity index is 0.000001000. The minimum Gasteiger partial charge on any atom is -0.319 e. The maximum Gasteiger partial charge on any atom is 0.257 e. The van der Waals surface area contributed by atoms with E-state index >= 15 is 0 Å². The minimum absolute atomic E-state index is 0. The second-order valence-corrected chi connectivity index (χ2v) is 2.81. The van der Waals surface area contributed by atoms with Crippen molar-refractivity contribution in [1.82, 2.24) is 5.32 Å². The molecule has 0 amide bonds. The highest BCUT2D eigenvalue weighted by molar-refractivity contribution is 5.85. The van der Waals surface area contributed by atoms with Gasteiger partial charge in [-0.3, -0.25) is 0 Å². The highest BCUT2D eigenvalue weighted by atomic mass is 35.5. The van der Waals surface area contributed by atoms with Crippen LogP contribution in [-0.4, -0.2) is 25.1 Å². The van der Waals surface area contributed by atoms with Crippen molar-refractivity contribution < 1.29 is 8.78 Å². The van der Waals surface area contributed by atoms with Gasteiger partial charge in [0.2, 0.25) is 0 Å². The molecule has 0 saturated carbocycles. The van der Waals surface area contributed by atoms with Crippen molar-refractivity contribution in [3.05, 3.63) is 0 Å². The Morgan fingerprint density at radius 1 is 1.45 bits per heavy atom.